The number of hydrogen-bond donors (Lipinski definition) is 1. The SMILES string of the molecule is C1=CC(c2cccc(-c3cccc(-c4cc(-c5cccc(-c6cccc(-c7ccncc7)c6)c5)cc(-c5ccc6c7ccccc7c7ccccc7c6c5)c4)c3)c2)=CCN1. The van der Waals surface area contributed by atoms with Gasteiger partial charge in [-0.2, -0.15) is 0 Å². The molecule has 0 atom stereocenters. The minimum absolute atomic E-state index is 0.842. The summed E-state index contributed by atoms with van der Waals surface area (Å²) in [4.78, 5) is 4.23. The zero-order chi connectivity index (χ0) is 39.8. The lowest BCUT2D eigenvalue weighted by atomic mass is 9.89. The number of pyridine rings is 1. The van der Waals surface area contributed by atoms with Gasteiger partial charge in [-0.3, -0.25) is 4.98 Å². The first kappa shape index (κ1) is 35.4. The highest BCUT2D eigenvalue weighted by Gasteiger charge is 2.14. The Labute approximate surface area is 350 Å². The van der Waals surface area contributed by atoms with E-state index in [2.05, 4.69) is 217 Å². The van der Waals surface area contributed by atoms with Crippen LogP contribution in [0.4, 0.5) is 0 Å². The van der Waals surface area contributed by atoms with Gasteiger partial charge in [0.05, 0.1) is 0 Å². The smallest absolute Gasteiger partial charge is 0.0334 e. The Morgan fingerprint density at radius 2 is 0.683 bits per heavy atom. The van der Waals surface area contributed by atoms with E-state index in [4.69, 9.17) is 0 Å². The molecular weight excluding hydrogens is 725 g/mol. The topological polar surface area (TPSA) is 24.9 Å². The van der Waals surface area contributed by atoms with Crippen LogP contribution in [0.5, 0.6) is 0 Å². The van der Waals surface area contributed by atoms with Gasteiger partial charge in [-0.05, 0) is 183 Å². The molecule has 2 nitrogen and oxygen atoms in total. The standard InChI is InChI=1S/C58H40N2/c1-2-19-55-53(17-1)54-18-3-4-20-56(54)58-38-49(21-22-57(55)58)52-36-50(47-15-7-13-45(33-47)43-11-5-9-41(31-43)39-23-27-59-28-24-39)35-51(37-52)48-16-8-14-46(34-48)44-12-6-10-42(32-44)40-25-29-60-30-26-40/h1-29,31-38,60H,30H2. The molecule has 2 heteroatoms. The molecule has 1 aliphatic rings. The summed E-state index contributed by atoms with van der Waals surface area (Å²) in [6.45, 7) is 0.842. The number of aromatic nitrogens is 1. The van der Waals surface area contributed by atoms with Gasteiger partial charge in [0, 0.05) is 18.9 Å². The van der Waals surface area contributed by atoms with Crippen molar-refractivity contribution in [1.29, 1.82) is 0 Å². The second-order valence-electron chi connectivity index (χ2n) is 15.6. The summed E-state index contributed by atoms with van der Waals surface area (Å²) in [5, 5.41) is 10.9. The first-order valence-corrected chi connectivity index (χ1v) is 20.6. The van der Waals surface area contributed by atoms with E-state index in [0.717, 1.165) is 12.1 Å². The van der Waals surface area contributed by atoms with Gasteiger partial charge in [-0.15, -0.1) is 0 Å². The fourth-order valence-electron chi connectivity index (χ4n) is 8.94. The summed E-state index contributed by atoms with van der Waals surface area (Å²) in [7, 11) is 0. The molecule has 11 rings (SSSR count). The quantitative estimate of drug-likeness (QED) is 0.164. The number of nitrogens with one attached hydrogen (secondary N) is 1. The van der Waals surface area contributed by atoms with Crippen LogP contribution in [0.3, 0.4) is 0 Å². The van der Waals surface area contributed by atoms with E-state index in [0.29, 0.717) is 0 Å². The maximum atomic E-state index is 4.23. The van der Waals surface area contributed by atoms with Crippen molar-refractivity contribution in [3.8, 4) is 66.8 Å². The lowest BCUT2D eigenvalue weighted by molar-refractivity contribution is 0.976. The summed E-state index contributed by atoms with van der Waals surface area (Å²) in [5.74, 6) is 0. The average molecular weight is 765 g/mol. The molecular formula is C58H40N2. The third-order valence-corrected chi connectivity index (χ3v) is 12.0. The molecule has 0 amide bonds. The Morgan fingerprint density at radius 3 is 1.17 bits per heavy atom. The van der Waals surface area contributed by atoms with Crippen molar-refractivity contribution in [3.05, 3.63) is 230 Å². The molecule has 2 heterocycles. The van der Waals surface area contributed by atoms with Crippen molar-refractivity contribution >= 4 is 37.9 Å². The van der Waals surface area contributed by atoms with Crippen LogP contribution in [-0.4, -0.2) is 11.5 Å². The molecule has 1 aromatic heterocycles. The van der Waals surface area contributed by atoms with Crippen LogP contribution in [0.2, 0.25) is 0 Å². The third-order valence-electron chi connectivity index (χ3n) is 12.0. The maximum absolute atomic E-state index is 4.23. The van der Waals surface area contributed by atoms with Crippen LogP contribution in [0, 0.1) is 0 Å². The van der Waals surface area contributed by atoms with Crippen molar-refractivity contribution in [3.63, 3.8) is 0 Å². The fraction of sp³-hybridized carbons (Fsp3) is 0.0172. The van der Waals surface area contributed by atoms with Crippen LogP contribution in [0.1, 0.15) is 5.56 Å². The van der Waals surface area contributed by atoms with Crippen molar-refractivity contribution in [1.82, 2.24) is 10.3 Å². The first-order chi connectivity index (χ1) is 29.7. The summed E-state index contributed by atoms with van der Waals surface area (Å²) in [6.07, 6.45) is 10.1. The van der Waals surface area contributed by atoms with Crippen LogP contribution in [0.25, 0.3) is 105 Å². The van der Waals surface area contributed by atoms with Gasteiger partial charge in [-0.1, -0.05) is 140 Å². The highest BCUT2D eigenvalue weighted by Crippen LogP contribution is 2.40. The molecule has 10 aromatic rings. The third kappa shape index (κ3) is 6.64. The number of dihydropyridines is 1. The summed E-state index contributed by atoms with van der Waals surface area (Å²) < 4.78 is 0. The van der Waals surface area contributed by atoms with Gasteiger partial charge in [0.15, 0.2) is 0 Å². The molecule has 0 unspecified atom stereocenters. The van der Waals surface area contributed by atoms with E-state index in [1.165, 1.54) is 105 Å². The fourth-order valence-corrected chi connectivity index (χ4v) is 8.94. The molecule has 1 aliphatic heterocycles. The highest BCUT2D eigenvalue weighted by molar-refractivity contribution is 6.25. The van der Waals surface area contributed by atoms with Crippen LogP contribution < -0.4 is 5.32 Å². The molecule has 0 saturated carbocycles. The predicted molar refractivity (Wildman–Crippen MR) is 254 cm³/mol. The van der Waals surface area contributed by atoms with E-state index < -0.39 is 0 Å². The van der Waals surface area contributed by atoms with Crippen molar-refractivity contribution in [2.24, 2.45) is 0 Å². The molecule has 0 fully saturated rings. The van der Waals surface area contributed by atoms with Crippen LogP contribution in [-0.2, 0) is 0 Å². The molecule has 282 valence electrons. The second-order valence-corrected chi connectivity index (χ2v) is 15.6. The van der Waals surface area contributed by atoms with Gasteiger partial charge < -0.3 is 5.32 Å². The van der Waals surface area contributed by atoms with Crippen LogP contribution >= 0.6 is 0 Å². The summed E-state index contributed by atoms with van der Waals surface area (Å²) in [5.41, 5.74) is 16.7. The molecule has 0 radical (unpaired) electrons. The molecule has 0 aliphatic carbocycles. The largest absolute Gasteiger partial charge is 0.387 e. The molecule has 60 heavy (non-hydrogen) atoms. The lowest BCUT2D eigenvalue weighted by Gasteiger charge is -2.15. The number of fused-ring (bicyclic) bond motifs is 6. The predicted octanol–water partition coefficient (Wildman–Crippen LogP) is 15.0. The van der Waals surface area contributed by atoms with Gasteiger partial charge in [0.1, 0.15) is 0 Å². The van der Waals surface area contributed by atoms with Gasteiger partial charge >= 0.3 is 0 Å². The maximum Gasteiger partial charge on any atom is 0.0334 e. The Morgan fingerprint density at radius 1 is 0.300 bits per heavy atom. The number of nitrogens with zero attached hydrogens (tertiary/aromatic N) is 1. The Hall–Kier alpha value is -7.81. The normalized spacial score (nSPS) is 12.4. The highest BCUT2D eigenvalue weighted by atomic mass is 14.8. The van der Waals surface area contributed by atoms with Crippen molar-refractivity contribution < 1.29 is 0 Å². The van der Waals surface area contributed by atoms with Crippen LogP contribution in [0.15, 0.2) is 225 Å². The molecule has 1 N–H and O–H groups in total. The molecule has 0 bridgehead atoms. The van der Waals surface area contributed by atoms with Gasteiger partial charge in [0.2, 0.25) is 0 Å². The lowest BCUT2D eigenvalue weighted by Crippen LogP contribution is -2.08. The number of benzene rings is 9. The van der Waals surface area contributed by atoms with Gasteiger partial charge in [-0.25, -0.2) is 0 Å². The zero-order valence-electron chi connectivity index (χ0n) is 33.0. The van der Waals surface area contributed by atoms with Crippen molar-refractivity contribution in [2.45, 2.75) is 0 Å². The van der Waals surface area contributed by atoms with E-state index in [9.17, 15) is 0 Å². The van der Waals surface area contributed by atoms with Crippen molar-refractivity contribution in [2.75, 3.05) is 6.54 Å². The summed E-state index contributed by atoms with van der Waals surface area (Å²) in [6, 6.07) is 71.5. The Kier molecular flexibility index (Phi) is 8.94. The number of rotatable bonds is 7. The number of allylic oxidation sites excluding steroid dienone is 2. The number of hydrogen-bond acceptors (Lipinski definition) is 2. The first-order valence-electron chi connectivity index (χ1n) is 20.6. The molecule has 0 saturated heterocycles. The minimum atomic E-state index is 0.842. The minimum Gasteiger partial charge on any atom is -0.387 e. The monoisotopic (exact) mass is 764 g/mol. The van der Waals surface area contributed by atoms with Gasteiger partial charge in [0.25, 0.3) is 0 Å². The average Bonchev–Trinajstić information content (AvgIpc) is 3.34. The van der Waals surface area contributed by atoms with E-state index in [1.54, 1.807) is 0 Å². The zero-order valence-corrected chi connectivity index (χ0v) is 33.0. The Balaban J connectivity index is 1.07. The molecule has 0 spiro atoms. The Bertz CT molecular complexity index is 3280. The van der Waals surface area contributed by atoms with E-state index in [-0.39, 0.29) is 0 Å². The molecule has 9 aromatic carbocycles. The second kappa shape index (κ2) is 15.2. The van der Waals surface area contributed by atoms with E-state index in [1.807, 2.05) is 18.6 Å². The van der Waals surface area contributed by atoms with E-state index >= 15 is 0 Å². The summed E-state index contributed by atoms with van der Waals surface area (Å²) >= 11 is 0.